The number of halogens is 1. The largest absolute Gasteiger partial charge is 0.343 e. The second-order valence-electron chi connectivity index (χ2n) is 6.22. The lowest BCUT2D eigenvalue weighted by Gasteiger charge is -2.31. The van der Waals surface area contributed by atoms with Crippen LogP contribution in [0, 0.1) is 5.92 Å². The number of carbonyl (C=O) groups excluding carboxylic acids is 1. The molecule has 2 N–H and O–H groups in total. The molecular formula is C15H29ClN2O. The Kier molecular flexibility index (Phi) is 7.16. The van der Waals surface area contributed by atoms with Gasteiger partial charge in [-0.15, -0.1) is 12.4 Å². The van der Waals surface area contributed by atoms with Crippen LogP contribution in [-0.4, -0.2) is 29.9 Å². The number of hydrogen-bond acceptors (Lipinski definition) is 2. The molecule has 0 radical (unpaired) electrons. The fourth-order valence-corrected chi connectivity index (χ4v) is 3.53. The number of amides is 1. The van der Waals surface area contributed by atoms with Crippen LogP contribution in [0.3, 0.4) is 0 Å². The molecule has 2 unspecified atom stereocenters. The molecule has 1 amide bonds. The SMILES string of the molecule is CN(C(=O)C1CCC(N)C1)C1CCCCCCC1.Cl. The summed E-state index contributed by atoms with van der Waals surface area (Å²) in [6.45, 7) is 0. The first kappa shape index (κ1) is 16.8. The molecule has 0 saturated heterocycles. The second-order valence-corrected chi connectivity index (χ2v) is 6.22. The summed E-state index contributed by atoms with van der Waals surface area (Å²) in [4.78, 5) is 14.5. The summed E-state index contributed by atoms with van der Waals surface area (Å²) >= 11 is 0. The second kappa shape index (κ2) is 8.11. The summed E-state index contributed by atoms with van der Waals surface area (Å²) in [6, 6.07) is 0.735. The quantitative estimate of drug-likeness (QED) is 0.849. The zero-order chi connectivity index (χ0) is 13.0. The van der Waals surface area contributed by atoms with Gasteiger partial charge in [-0.25, -0.2) is 0 Å². The summed E-state index contributed by atoms with van der Waals surface area (Å²) < 4.78 is 0. The van der Waals surface area contributed by atoms with Crippen LogP contribution in [0.15, 0.2) is 0 Å². The molecule has 2 rings (SSSR count). The molecule has 2 aliphatic carbocycles. The first-order valence-electron chi connectivity index (χ1n) is 7.70. The van der Waals surface area contributed by atoms with Gasteiger partial charge in [0.25, 0.3) is 0 Å². The Hall–Kier alpha value is -0.280. The maximum atomic E-state index is 12.5. The van der Waals surface area contributed by atoms with E-state index in [-0.39, 0.29) is 24.4 Å². The Morgan fingerprint density at radius 2 is 1.58 bits per heavy atom. The van der Waals surface area contributed by atoms with Gasteiger partial charge in [0.2, 0.25) is 5.91 Å². The van der Waals surface area contributed by atoms with E-state index < -0.39 is 0 Å². The minimum Gasteiger partial charge on any atom is -0.343 e. The third kappa shape index (κ3) is 4.64. The van der Waals surface area contributed by atoms with Gasteiger partial charge in [0.1, 0.15) is 0 Å². The number of carbonyl (C=O) groups is 1. The Morgan fingerprint density at radius 1 is 1.00 bits per heavy atom. The Morgan fingerprint density at radius 3 is 2.11 bits per heavy atom. The van der Waals surface area contributed by atoms with E-state index in [0.29, 0.717) is 11.9 Å². The van der Waals surface area contributed by atoms with Crippen molar-refractivity contribution < 1.29 is 4.79 Å². The Labute approximate surface area is 123 Å². The number of nitrogens with zero attached hydrogens (tertiary/aromatic N) is 1. The number of nitrogens with two attached hydrogens (primary N) is 1. The van der Waals surface area contributed by atoms with E-state index >= 15 is 0 Å². The Balaban J connectivity index is 0.00000180. The van der Waals surface area contributed by atoms with E-state index in [4.69, 9.17) is 5.73 Å². The van der Waals surface area contributed by atoms with Gasteiger partial charge in [0.05, 0.1) is 0 Å². The summed E-state index contributed by atoms with van der Waals surface area (Å²) in [5.41, 5.74) is 5.92. The molecule has 0 aromatic rings. The number of hydrogen-bond donors (Lipinski definition) is 1. The molecule has 4 heteroatoms. The molecule has 2 saturated carbocycles. The molecule has 0 heterocycles. The molecule has 0 aromatic heterocycles. The maximum absolute atomic E-state index is 12.5. The fourth-order valence-electron chi connectivity index (χ4n) is 3.53. The van der Waals surface area contributed by atoms with Crippen molar-refractivity contribution in [2.45, 2.75) is 76.3 Å². The predicted octanol–water partition coefficient (Wildman–Crippen LogP) is 3.11. The topological polar surface area (TPSA) is 46.3 Å². The van der Waals surface area contributed by atoms with Crippen LogP contribution in [-0.2, 0) is 4.79 Å². The molecular weight excluding hydrogens is 260 g/mol. The molecule has 2 aliphatic rings. The van der Waals surface area contributed by atoms with Crippen LogP contribution in [0.5, 0.6) is 0 Å². The average molecular weight is 289 g/mol. The van der Waals surface area contributed by atoms with Crippen molar-refractivity contribution in [3.63, 3.8) is 0 Å². The normalized spacial score (nSPS) is 29.2. The predicted molar refractivity (Wildman–Crippen MR) is 81.4 cm³/mol. The third-order valence-corrected chi connectivity index (χ3v) is 4.79. The van der Waals surface area contributed by atoms with Crippen molar-refractivity contribution in [2.75, 3.05) is 7.05 Å². The van der Waals surface area contributed by atoms with Crippen LogP contribution >= 0.6 is 12.4 Å². The van der Waals surface area contributed by atoms with Crippen LogP contribution < -0.4 is 5.73 Å². The monoisotopic (exact) mass is 288 g/mol. The minimum absolute atomic E-state index is 0. The van der Waals surface area contributed by atoms with Gasteiger partial charge >= 0.3 is 0 Å². The van der Waals surface area contributed by atoms with Crippen molar-refractivity contribution >= 4 is 18.3 Å². The molecule has 0 spiro atoms. The zero-order valence-electron chi connectivity index (χ0n) is 12.1. The molecule has 0 aromatic carbocycles. The minimum atomic E-state index is 0. The first-order chi connectivity index (χ1) is 8.68. The molecule has 0 bridgehead atoms. The summed E-state index contributed by atoms with van der Waals surface area (Å²) in [5.74, 6) is 0.559. The van der Waals surface area contributed by atoms with Gasteiger partial charge in [0.15, 0.2) is 0 Å². The van der Waals surface area contributed by atoms with E-state index in [1.54, 1.807) is 0 Å². The van der Waals surface area contributed by atoms with Gasteiger partial charge < -0.3 is 10.6 Å². The van der Waals surface area contributed by atoms with Crippen molar-refractivity contribution in [1.82, 2.24) is 4.90 Å². The van der Waals surface area contributed by atoms with E-state index in [1.165, 1.54) is 44.9 Å². The molecule has 3 nitrogen and oxygen atoms in total. The molecule has 112 valence electrons. The average Bonchev–Trinajstić information content (AvgIpc) is 2.74. The summed E-state index contributed by atoms with van der Waals surface area (Å²) in [7, 11) is 2.01. The van der Waals surface area contributed by atoms with Crippen molar-refractivity contribution in [3.05, 3.63) is 0 Å². The van der Waals surface area contributed by atoms with Crippen LogP contribution in [0.1, 0.15) is 64.2 Å². The van der Waals surface area contributed by atoms with Crippen LogP contribution in [0.25, 0.3) is 0 Å². The van der Waals surface area contributed by atoms with Crippen LogP contribution in [0.2, 0.25) is 0 Å². The lowest BCUT2D eigenvalue weighted by molar-refractivity contribution is -0.136. The lowest BCUT2D eigenvalue weighted by atomic mass is 9.94. The maximum Gasteiger partial charge on any atom is 0.225 e. The molecule has 2 fully saturated rings. The van der Waals surface area contributed by atoms with Crippen molar-refractivity contribution in [3.8, 4) is 0 Å². The van der Waals surface area contributed by atoms with Gasteiger partial charge in [-0.1, -0.05) is 32.1 Å². The standard InChI is InChI=1S/C15H28N2O.ClH/c1-17(14-7-5-3-2-4-6-8-14)15(18)12-9-10-13(16)11-12;/h12-14H,2-11,16H2,1H3;1H. The van der Waals surface area contributed by atoms with Gasteiger partial charge in [-0.05, 0) is 32.1 Å². The molecule has 19 heavy (non-hydrogen) atoms. The zero-order valence-corrected chi connectivity index (χ0v) is 13.0. The smallest absolute Gasteiger partial charge is 0.225 e. The van der Waals surface area contributed by atoms with Gasteiger partial charge in [-0.3, -0.25) is 4.79 Å². The first-order valence-corrected chi connectivity index (χ1v) is 7.70. The highest BCUT2D eigenvalue weighted by molar-refractivity contribution is 5.85. The summed E-state index contributed by atoms with van der Waals surface area (Å²) in [5, 5.41) is 0. The third-order valence-electron chi connectivity index (χ3n) is 4.79. The summed E-state index contributed by atoms with van der Waals surface area (Å²) in [6.07, 6.45) is 11.9. The molecule has 2 atom stereocenters. The lowest BCUT2D eigenvalue weighted by Crippen LogP contribution is -2.40. The van der Waals surface area contributed by atoms with E-state index in [0.717, 1.165) is 19.3 Å². The Bertz CT molecular complexity index is 277. The van der Waals surface area contributed by atoms with E-state index in [2.05, 4.69) is 0 Å². The van der Waals surface area contributed by atoms with E-state index in [1.807, 2.05) is 11.9 Å². The number of rotatable bonds is 2. The highest BCUT2D eigenvalue weighted by atomic mass is 35.5. The highest BCUT2D eigenvalue weighted by Gasteiger charge is 2.32. The van der Waals surface area contributed by atoms with Crippen molar-refractivity contribution in [1.29, 1.82) is 0 Å². The fraction of sp³-hybridized carbons (Fsp3) is 0.933. The highest BCUT2D eigenvalue weighted by Crippen LogP contribution is 2.28. The molecule has 0 aliphatic heterocycles. The van der Waals surface area contributed by atoms with E-state index in [9.17, 15) is 4.79 Å². The van der Waals surface area contributed by atoms with Crippen LogP contribution in [0.4, 0.5) is 0 Å². The van der Waals surface area contributed by atoms with Gasteiger partial charge in [0, 0.05) is 25.0 Å². The van der Waals surface area contributed by atoms with Crippen molar-refractivity contribution in [2.24, 2.45) is 11.7 Å². The van der Waals surface area contributed by atoms with Gasteiger partial charge in [-0.2, -0.15) is 0 Å².